The summed E-state index contributed by atoms with van der Waals surface area (Å²) in [5.74, 6) is -0.573. The Bertz CT molecular complexity index is 1510. The van der Waals surface area contributed by atoms with Gasteiger partial charge in [-0.05, 0) is 88.9 Å². The number of aromatic nitrogens is 2. The van der Waals surface area contributed by atoms with E-state index in [0.717, 1.165) is 23.8 Å². The molecular weight excluding hydrogens is 576 g/mol. The summed E-state index contributed by atoms with van der Waals surface area (Å²) in [5, 5.41) is 18.6. The Balaban J connectivity index is 1.30. The van der Waals surface area contributed by atoms with Crippen molar-refractivity contribution in [2.24, 2.45) is 23.5 Å². The highest BCUT2D eigenvalue weighted by molar-refractivity contribution is 7.91. The van der Waals surface area contributed by atoms with Gasteiger partial charge in [-0.3, -0.25) is 29.0 Å². The Morgan fingerprint density at radius 1 is 0.977 bits per heavy atom. The zero-order valence-electron chi connectivity index (χ0n) is 25.1. The third-order valence-electron chi connectivity index (χ3n) is 10.5. The molecule has 238 valence electrons. The van der Waals surface area contributed by atoms with Gasteiger partial charge >= 0.3 is 11.7 Å². The molecule has 2 saturated heterocycles. The Kier molecular flexibility index (Phi) is 8.53. The van der Waals surface area contributed by atoms with Crippen molar-refractivity contribution >= 4 is 27.6 Å². The second kappa shape index (κ2) is 11.7. The molecule has 3 heterocycles. The Hall–Kier alpha value is -3.16. The number of nitrogens with one attached hydrogen (secondary N) is 1. The number of carbonyl (C=O) groups is 2. The van der Waals surface area contributed by atoms with Crippen LogP contribution >= 0.6 is 0 Å². The van der Waals surface area contributed by atoms with Crippen LogP contribution in [0, 0.1) is 23.2 Å². The summed E-state index contributed by atoms with van der Waals surface area (Å²) in [5.41, 5.74) is 2.95. The highest BCUT2D eigenvalue weighted by Crippen LogP contribution is 2.41. The van der Waals surface area contributed by atoms with Gasteiger partial charge in [0.1, 0.15) is 26.8 Å². The number of likely N-dealkylation sites (N-methyl/N-ethyl adjacent to an activating group) is 1. The largest absolute Gasteiger partial charge is 0.494 e. The minimum atomic E-state index is -2.98. The molecule has 14 heteroatoms. The van der Waals surface area contributed by atoms with Gasteiger partial charge < -0.3 is 15.7 Å². The first kappa shape index (κ1) is 31.3. The summed E-state index contributed by atoms with van der Waals surface area (Å²) >= 11 is 0. The summed E-state index contributed by atoms with van der Waals surface area (Å²) in [4.78, 5) is 56.1. The fraction of sp³-hybridized carbons (Fsp3) is 0.759. The molecule has 2 aliphatic heterocycles. The van der Waals surface area contributed by atoms with Gasteiger partial charge in [-0.15, -0.1) is 0 Å². The number of amidine groups is 1. The van der Waals surface area contributed by atoms with Crippen LogP contribution in [0.2, 0.25) is 0 Å². The SMILES string of the molecule is CN1C(=O)N(CCC2CCS(=O)(=O)CC2)[C@@](C)(CC2CCC(n3c(=O)c(C(=N)N)c(O)n(CC4CCC4)c3=O)CC2)C1=O. The number of nitrogens with zero attached hydrogens (tertiary/aromatic N) is 4. The lowest BCUT2D eigenvalue weighted by Gasteiger charge is -2.38. The summed E-state index contributed by atoms with van der Waals surface area (Å²) < 4.78 is 26.0. The molecule has 43 heavy (non-hydrogen) atoms. The normalized spacial score (nSPS) is 28.3. The third-order valence-corrected chi connectivity index (χ3v) is 12.2. The monoisotopic (exact) mass is 620 g/mol. The van der Waals surface area contributed by atoms with E-state index in [-0.39, 0.29) is 53.3 Å². The van der Waals surface area contributed by atoms with Crippen LogP contribution in [0.15, 0.2) is 9.59 Å². The molecule has 4 aliphatic rings. The number of nitrogen functional groups attached to an aromatic ring is 1. The summed E-state index contributed by atoms with van der Waals surface area (Å²) in [6, 6.07) is -0.776. The quantitative estimate of drug-likeness (QED) is 0.212. The standard InChI is InChI=1S/C29H44N6O7S/c1-29(26(38)32(2)27(39)34(29)13-10-18-11-14-43(41,42)15-12-18)16-19-6-8-21(9-7-19)35-25(37)22(23(30)31)24(36)33(28(35)40)17-20-4-3-5-20/h18-21,36H,3-17H2,1-2H3,(H3,30,31)/t19?,21?,29-/m0/s1. The molecule has 2 saturated carbocycles. The average Bonchev–Trinajstić information content (AvgIpc) is 3.07. The summed E-state index contributed by atoms with van der Waals surface area (Å²) in [6.45, 7) is 2.45. The van der Waals surface area contributed by atoms with Crippen molar-refractivity contribution in [1.29, 1.82) is 5.41 Å². The molecule has 0 spiro atoms. The Morgan fingerprint density at radius 2 is 1.60 bits per heavy atom. The van der Waals surface area contributed by atoms with E-state index >= 15 is 0 Å². The smallest absolute Gasteiger partial charge is 0.334 e. The van der Waals surface area contributed by atoms with Gasteiger partial charge in [-0.1, -0.05) is 6.42 Å². The molecule has 1 aromatic rings. The molecule has 4 fully saturated rings. The molecule has 0 bridgehead atoms. The maximum atomic E-state index is 13.5. The van der Waals surface area contributed by atoms with Crippen LogP contribution in [0.1, 0.15) is 89.2 Å². The topological polar surface area (TPSA) is 189 Å². The first-order valence-electron chi connectivity index (χ1n) is 15.5. The van der Waals surface area contributed by atoms with E-state index in [4.69, 9.17) is 11.1 Å². The number of amides is 3. The molecule has 4 N–H and O–H groups in total. The molecule has 5 rings (SSSR count). The van der Waals surface area contributed by atoms with Crippen molar-refractivity contribution in [3.05, 3.63) is 26.4 Å². The Labute approximate surface area is 251 Å². The molecule has 13 nitrogen and oxygen atoms in total. The molecular formula is C29H44N6O7S. The third kappa shape index (κ3) is 5.86. The zero-order valence-corrected chi connectivity index (χ0v) is 25.9. The van der Waals surface area contributed by atoms with Crippen molar-refractivity contribution in [2.75, 3.05) is 25.1 Å². The first-order valence-corrected chi connectivity index (χ1v) is 17.3. The van der Waals surface area contributed by atoms with Crippen LogP contribution in [-0.4, -0.2) is 80.9 Å². The van der Waals surface area contributed by atoms with E-state index in [9.17, 15) is 32.7 Å². The molecule has 0 radical (unpaired) electrons. The van der Waals surface area contributed by atoms with E-state index in [1.165, 1.54) is 16.5 Å². The van der Waals surface area contributed by atoms with E-state index in [1.54, 1.807) is 11.8 Å². The van der Waals surface area contributed by atoms with Gasteiger partial charge in [0.05, 0.1) is 11.5 Å². The van der Waals surface area contributed by atoms with Crippen molar-refractivity contribution in [3.8, 4) is 5.88 Å². The number of imide groups is 1. The van der Waals surface area contributed by atoms with Gasteiger partial charge in [0, 0.05) is 26.2 Å². The fourth-order valence-corrected chi connectivity index (χ4v) is 9.11. The van der Waals surface area contributed by atoms with Gasteiger partial charge in [-0.2, -0.15) is 0 Å². The lowest BCUT2D eigenvalue weighted by Crippen LogP contribution is -2.50. The lowest BCUT2D eigenvalue weighted by atomic mass is 9.77. The highest BCUT2D eigenvalue weighted by Gasteiger charge is 2.53. The van der Waals surface area contributed by atoms with Crippen molar-refractivity contribution in [3.63, 3.8) is 0 Å². The second-order valence-electron chi connectivity index (χ2n) is 13.3. The van der Waals surface area contributed by atoms with Gasteiger partial charge in [0.25, 0.3) is 11.5 Å². The number of rotatable bonds is 9. The lowest BCUT2D eigenvalue weighted by molar-refractivity contribution is -0.132. The highest BCUT2D eigenvalue weighted by atomic mass is 32.2. The van der Waals surface area contributed by atoms with Gasteiger partial charge in [0.15, 0.2) is 0 Å². The number of urea groups is 1. The van der Waals surface area contributed by atoms with Crippen LogP contribution < -0.4 is 17.0 Å². The molecule has 1 aromatic heterocycles. The molecule has 0 aromatic carbocycles. The summed E-state index contributed by atoms with van der Waals surface area (Å²) in [7, 11) is -1.49. The first-order chi connectivity index (χ1) is 20.2. The number of hydrogen-bond acceptors (Lipinski definition) is 8. The zero-order chi connectivity index (χ0) is 31.3. The van der Waals surface area contributed by atoms with Crippen molar-refractivity contribution in [2.45, 2.75) is 95.7 Å². The number of carbonyl (C=O) groups excluding carboxylic acids is 2. The minimum Gasteiger partial charge on any atom is -0.494 e. The minimum absolute atomic E-state index is 0.0733. The maximum absolute atomic E-state index is 13.5. The van der Waals surface area contributed by atoms with Crippen LogP contribution in [0.5, 0.6) is 5.88 Å². The second-order valence-corrected chi connectivity index (χ2v) is 15.6. The van der Waals surface area contributed by atoms with E-state index in [2.05, 4.69) is 0 Å². The van der Waals surface area contributed by atoms with Crippen molar-refractivity contribution < 1.29 is 23.1 Å². The fourth-order valence-electron chi connectivity index (χ4n) is 7.52. The number of sulfone groups is 1. The van der Waals surface area contributed by atoms with Gasteiger partial charge in [0.2, 0.25) is 5.88 Å². The molecule has 3 amide bonds. The van der Waals surface area contributed by atoms with E-state index < -0.39 is 44.4 Å². The Morgan fingerprint density at radius 3 is 2.16 bits per heavy atom. The maximum Gasteiger partial charge on any atom is 0.334 e. The van der Waals surface area contributed by atoms with E-state index in [0.29, 0.717) is 57.9 Å². The number of nitrogens with two attached hydrogens (primary N) is 1. The van der Waals surface area contributed by atoms with Crippen LogP contribution in [0.25, 0.3) is 0 Å². The summed E-state index contributed by atoms with van der Waals surface area (Å²) in [6.07, 6.45) is 7.39. The van der Waals surface area contributed by atoms with E-state index in [1.807, 2.05) is 0 Å². The average molecular weight is 621 g/mol. The van der Waals surface area contributed by atoms with Crippen LogP contribution in [0.3, 0.4) is 0 Å². The predicted octanol–water partition coefficient (Wildman–Crippen LogP) is 1.79. The molecule has 2 aliphatic carbocycles. The van der Waals surface area contributed by atoms with Gasteiger partial charge in [-0.25, -0.2) is 18.0 Å². The molecule has 0 unspecified atom stereocenters. The number of aromatic hydroxyl groups is 1. The van der Waals surface area contributed by atoms with Crippen LogP contribution in [-0.2, 0) is 21.2 Å². The van der Waals surface area contributed by atoms with Crippen molar-refractivity contribution in [1.82, 2.24) is 18.9 Å². The van der Waals surface area contributed by atoms with Crippen LogP contribution in [0.4, 0.5) is 4.79 Å². The number of hydrogen-bond donors (Lipinski definition) is 3. The predicted molar refractivity (Wildman–Crippen MR) is 160 cm³/mol. The molecule has 1 atom stereocenters.